The zero-order chi connectivity index (χ0) is 18.3. The van der Waals surface area contributed by atoms with Gasteiger partial charge in [0.15, 0.2) is 0 Å². The average molecular weight is 348 g/mol. The van der Waals surface area contributed by atoms with Gasteiger partial charge >= 0.3 is 5.97 Å². The molecule has 0 radical (unpaired) electrons. The van der Waals surface area contributed by atoms with Gasteiger partial charge in [-0.2, -0.15) is 0 Å². The second kappa shape index (κ2) is 13.4. The van der Waals surface area contributed by atoms with Crippen molar-refractivity contribution < 1.29 is 14.7 Å². The number of carboxylic acid groups (broad SMARTS) is 1. The van der Waals surface area contributed by atoms with Crippen LogP contribution < -0.4 is 5.32 Å². The van der Waals surface area contributed by atoms with Gasteiger partial charge in [-0.1, -0.05) is 64.7 Å². The molecule has 140 valence electrons. The van der Waals surface area contributed by atoms with Crippen molar-refractivity contribution in [3.05, 3.63) is 29.6 Å². The van der Waals surface area contributed by atoms with Crippen LogP contribution in [0.1, 0.15) is 87.2 Å². The number of aliphatic carboxylic acids is 1. The highest BCUT2D eigenvalue weighted by Gasteiger charge is 2.07. The third-order valence-electron chi connectivity index (χ3n) is 4.27. The van der Waals surface area contributed by atoms with Gasteiger partial charge in [0.1, 0.15) is 6.54 Å². The molecule has 0 aliphatic heterocycles. The van der Waals surface area contributed by atoms with E-state index in [0.717, 1.165) is 18.5 Å². The van der Waals surface area contributed by atoms with E-state index in [1.54, 1.807) is 6.07 Å². The molecule has 0 aliphatic carbocycles. The number of hydrogen-bond acceptors (Lipinski definition) is 3. The van der Waals surface area contributed by atoms with E-state index in [2.05, 4.69) is 17.2 Å². The predicted molar refractivity (Wildman–Crippen MR) is 99.8 cm³/mol. The molecule has 1 aromatic rings. The smallest absolute Gasteiger partial charge is 0.322 e. The number of rotatable bonds is 14. The molecule has 0 bridgehead atoms. The van der Waals surface area contributed by atoms with Crippen LogP contribution in [0, 0.1) is 0 Å². The number of amides is 1. The Morgan fingerprint density at radius 2 is 1.56 bits per heavy atom. The summed E-state index contributed by atoms with van der Waals surface area (Å²) in [5.41, 5.74) is 1.38. The van der Waals surface area contributed by atoms with Crippen molar-refractivity contribution in [1.29, 1.82) is 0 Å². The molecule has 1 rings (SSSR count). The van der Waals surface area contributed by atoms with Gasteiger partial charge in [0, 0.05) is 11.9 Å². The van der Waals surface area contributed by atoms with Crippen LogP contribution in [0.15, 0.2) is 18.3 Å². The summed E-state index contributed by atoms with van der Waals surface area (Å²) in [4.78, 5) is 26.4. The molecule has 0 atom stereocenters. The van der Waals surface area contributed by atoms with Gasteiger partial charge in [-0.3, -0.25) is 14.6 Å². The van der Waals surface area contributed by atoms with E-state index in [1.807, 2.05) is 6.07 Å². The molecular formula is C20H32N2O3. The minimum Gasteiger partial charge on any atom is -0.480 e. The molecule has 25 heavy (non-hydrogen) atoms. The Labute approximate surface area is 151 Å². The lowest BCUT2D eigenvalue weighted by Crippen LogP contribution is -2.29. The summed E-state index contributed by atoms with van der Waals surface area (Å²) in [6.07, 6.45) is 15.5. The molecule has 0 spiro atoms. The zero-order valence-electron chi connectivity index (χ0n) is 15.4. The van der Waals surface area contributed by atoms with E-state index in [0.29, 0.717) is 5.56 Å². The van der Waals surface area contributed by atoms with E-state index in [9.17, 15) is 9.59 Å². The topological polar surface area (TPSA) is 79.3 Å². The lowest BCUT2D eigenvalue weighted by Gasteiger charge is -2.05. The van der Waals surface area contributed by atoms with Crippen molar-refractivity contribution in [3.8, 4) is 0 Å². The van der Waals surface area contributed by atoms with Crippen LogP contribution in [0.25, 0.3) is 0 Å². The van der Waals surface area contributed by atoms with Crippen LogP contribution in [0.4, 0.5) is 0 Å². The fraction of sp³-hybridized carbons (Fsp3) is 0.650. The number of nitrogens with one attached hydrogen (secondary N) is 1. The average Bonchev–Trinajstić information content (AvgIpc) is 2.61. The lowest BCUT2D eigenvalue weighted by atomic mass is 10.0. The summed E-state index contributed by atoms with van der Waals surface area (Å²) in [5.74, 6) is -1.46. The van der Waals surface area contributed by atoms with Crippen molar-refractivity contribution in [1.82, 2.24) is 10.3 Å². The number of unbranched alkanes of at least 4 members (excludes halogenated alkanes) is 9. The largest absolute Gasteiger partial charge is 0.480 e. The van der Waals surface area contributed by atoms with Crippen molar-refractivity contribution in [2.24, 2.45) is 0 Å². The van der Waals surface area contributed by atoms with Gasteiger partial charge in [-0.05, 0) is 25.0 Å². The highest BCUT2D eigenvalue weighted by atomic mass is 16.4. The van der Waals surface area contributed by atoms with Gasteiger partial charge in [-0.15, -0.1) is 0 Å². The lowest BCUT2D eigenvalue weighted by molar-refractivity contribution is -0.135. The van der Waals surface area contributed by atoms with Crippen LogP contribution in [0.2, 0.25) is 0 Å². The predicted octanol–water partition coefficient (Wildman–Crippen LogP) is 4.36. The van der Waals surface area contributed by atoms with E-state index < -0.39 is 11.9 Å². The first-order chi connectivity index (χ1) is 12.1. The van der Waals surface area contributed by atoms with Crippen LogP contribution in [0.3, 0.4) is 0 Å². The van der Waals surface area contributed by atoms with Crippen LogP contribution >= 0.6 is 0 Å². The molecule has 2 N–H and O–H groups in total. The number of carbonyl (C=O) groups is 2. The quantitative estimate of drug-likeness (QED) is 0.490. The maximum atomic E-state index is 11.7. The number of nitrogens with zero attached hydrogens (tertiary/aromatic N) is 1. The second-order valence-corrected chi connectivity index (χ2v) is 6.55. The zero-order valence-corrected chi connectivity index (χ0v) is 15.4. The second-order valence-electron chi connectivity index (χ2n) is 6.55. The Morgan fingerprint density at radius 1 is 0.960 bits per heavy atom. The number of pyridine rings is 1. The molecule has 0 unspecified atom stereocenters. The molecule has 1 heterocycles. The Morgan fingerprint density at radius 3 is 2.08 bits per heavy atom. The third kappa shape index (κ3) is 10.5. The number of carboxylic acids is 1. The maximum absolute atomic E-state index is 11.7. The minimum absolute atomic E-state index is 0.376. The number of aryl methyl sites for hydroxylation is 1. The Kier molecular flexibility index (Phi) is 11.3. The molecular weight excluding hydrogens is 316 g/mol. The summed E-state index contributed by atoms with van der Waals surface area (Å²) in [6.45, 7) is 1.87. The van der Waals surface area contributed by atoms with Gasteiger partial charge in [-0.25, -0.2) is 0 Å². The Bertz CT molecular complexity index is 500. The third-order valence-corrected chi connectivity index (χ3v) is 4.27. The van der Waals surface area contributed by atoms with Crippen LogP contribution in [-0.2, 0) is 11.2 Å². The van der Waals surface area contributed by atoms with E-state index in [-0.39, 0.29) is 6.54 Å². The van der Waals surface area contributed by atoms with E-state index in [1.165, 1.54) is 64.0 Å². The first-order valence-electron chi connectivity index (χ1n) is 9.58. The van der Waals surface area contributed by atoms with Crippen LogP contribution in [-0.4, -0.2) is 28.5 Å². The summed E-state index contributed by atoms with van der Waals surface area (Å²) >= 11 is 0. The summed E-state index contributed by atoms with van der Waals surface area (Å²) in [6, 6.07) is 3.55. The van der Waals surface area contributed by atoms with Gasteiger partial charge < -0.3 is 10.4 Å². The highest BCUT2D eigenvalue weighted by molar-refractivity contribution is 5.95. The molecule has 5 nitrogen and oxygen atoms in total. The number of carbonyl (C=O) groups excluding carboxylic acids is 1. The van der Waals surface area contributed by atoms with E-state index in [4.69, 9.17) is 5.11 Å². The normalized spacial score (nSPS) is 10.6. The molecule has 5 heteroatoms. The van der Waals surface area contributed by atoms with Crippen molar-refractivity contribution >= 4 is 11.9 Å². The molecule has 0 fully saturated rings. The van der Waals surface area contributed by atoms with Gasteiger partial charge in [0.2, 0.25) is 0 Å². The molecule has 0 aromatic carbocycles. The summed E-state index contributed by atoms with van der Waals surface area (Å²) in [7, 11) is 0. The molecule has 0 saturated carbocycles. The van der Waals surface area contributed by atoms with Gasteiger partial charge in [0.05, 0.1) is 5.56 Å². The molecule has 0 aliphatic rings. The van der Waals surface area contributed by atoms with Crippen molar-refractivity contribution in [2.45, 2.75) is 77.6 Å². The monoisotopic (exact) mass is 348 g/mol. The molecule has 1 amide bonds. The Hall–Kier alpha value is -1.91. The van der Waals surface area contributed by atoms with E-state index >= 15 is 0 Å². The standard InChI is InChI=1S/C20H32N2O3/c1-2-3-4-5-6-7-8-9-10-11-12-18-14-13-17(15-21-18)20(25)22-16-19(23)24/h13-15H,2-12,16H2,1H3,(H,22,25)(H,23,24). The van der Waals surface area contributed by atoms with Gasteiger partial charge in [0.25, 0.3) is 5.91 Å². The van der Waals surface area contributed by atoms with Crippen molar-refractivity contribution in [2.75, 3.05) is 6.54 Å². The fourth-order valence-electron chi connectivity index (χ4n) is 2.76. The molecule has 0 saturated heterocycles. The van der Waals surface area contributed by atoms with Crippen LogP contribution in [0.5, 0.6) is 0 Å². The maximum Gasteiger partial charge on any atom is 0.322 e. The van der Waals surface area contributed by atoms with Crippen molar-refractivity contribution in [3.63, 3.8) is 0 Å². The fourth-order valence-corrected chi connectivity index (χ4v) is 2.76. The SMILES string of the molecule is CCCCCCCCCCCCc1ccc(C(=O)NCC(=O)O)cn1. The number of hydrogen-bond donors (Lipinski definition) is 2. The first kappa shape index (κ1) is 21.1. The minimum atomic E-state index is -1.06. The Balaban J connectivity index is 2.09. The first-order valence-corrected chi connectivity index (χ1v) is 9.58. The number of aromatic nitrogens is 1. The molecule has 1 aromatic heterocycles. The summed E-state index contributed by atoms with van der Waals surface area (Å²) in [5, 5.41) is 10.9. The highest BCUT2D eigenvalue weighted by Crippen LogP contribution is 2.12. The summed E-state index contributed by atoms with van der Waals surface area (Å²) < 4.78 is 0.